The first kappa shape index (κ1) is 22.6. The quantitative estimate of drug-likeness (QED) is 0.557. The summed E-state index contributed by atoms with van der Waals surface area (Å²) in [6.45, 7) is 11.0. The van der Waals surface area contributed by atoms with Gasteiger partial charge in [0.2, 0.25) is 0 Å². The summed E-state index contributed by atoms with van der Waals surface area (Å²) in [7, 11) is 2.05. The minimum Gasteiger partial charge on any atom is -0.482 e. The molecule has 0 bridgehead atoms. The van der Waals surface area contributed by atoms with E-state index in [9.17, 15) is 4.79 Å². The third-order valence-electron chi connectivity index (χ3n) is 2.39. The zero-order valence-electron chi connectivity index (χ0n) is 11.3. The Morgan fingerprint density at radius 1 is 1.25 bits per heavy atom. The molecule has 1 radical (unpaired) electrons. The van der Waals surface area contributed by atoms with Crippen LogP contribution in [-0.4, -0.2) is 24.3 Å². The van der Waals surface area contributed by atoms with Crippen molar-refractivity contribution in [2.75, 3.05) is 13.6 Å². The van der Waals surface area contributed by atoms with Crippen LogP contribution in [0.3, 0.4) is 0 Å². The second kappa shape index (κ2) is 11.5. The van der Waals surface area contributed by atoms with Gasteiger partial charge < -0.3 is 9.69 Å². The van der Waals surface area contributed by atoms with Crippen LogP contribution in [0.2, 0.25) is 0 Å². The number of rotatable bonds is 6. The first-order chi connectivity index (χ1) is 6.34. The SMILES string of the molecule is C[C-](CC(=O)C(C)C)CN(C)[C-](C)C.[W].[Y]. The van der Waals surface area contributed by atoms with Crippen LogP contribution in [0.15, 0.2) is 0 Å². The third-order valence-corrected chi connectivity index (χ3v) is 2.39. The molecule has 2 nitrogen and oxygen atoms in total. The zero-order chi connectivity index (χ0) is 11.3. The molecule has 0 aromatic carbocycles. The predicted octanol–water partition coefficient (Wildman–Crippen LogP) is 2.69. The van der Waals surface area contributed by atoms with Gasteiger partial charge in [0.25, 0.3) is 0 Å². The summed E-state index contributed by atoms with van der Waals surface area (Å²) in [6, 6.07) is 1.28. The molecule has 0 fully saturated rings. The van der Waals surface area contributed by atoms with Crippen molar-refractivity contribution in [1.29, 1.82) is 0 Å². The van der Waals surface area contributed by atoms with E-state index >= 15 is 0 Å². The second-order valence-electron chi connectivity index (χ2n) is 4.56. The molecule has 0 N–H and O–H groups in total. The Kier molecular flexibility index (Phi) is 16.2. The monoisotopic (exact) mass is 470 g/mol. The summed E-state index contributed by atoms with van der Waals surface area (Å²) in [5, 5.41) is 0. The second-order valence-corrected chi connectivity index (χ2v) is 4.56. The van der Waals surface area contributed by atoms with E-state index in [-0.39, 0.29) is 59.7 Å². The number of carbonyl (C=O) groups is 1. The van der Waals surface area contributed by atoms with Crippen molar-refractivity contribution in [2.24, 2.45) is 5.92 Å². The molecule has 0 heterocycles. The summed E-state index contributed by atoms with van der Waals surface area (Å²) in [6.07, 6.45) is 0.620. The number of hydrogen-bond donors (Lipinski definition) is 0. The molecule has 0 aliphatic carbocycles. The van der Waals surface area contributed by atoms with Gasteiger partial charge in [0.05, 0.1) is 0 Å². The number of ketones is 1. The van der Waals surface area contributed by atoms with Crippen molar-refractivity contribution in [3.05, 3.63) is 12.0 Å². The molecule has 0 aromatic heterocycles. The van der Waals surface area contributed by atoms with E-state index in [1.54, 1.807) is 0 Å². The van der Waals surface area contributed by atoms with Gasteiger partial charge in [-0.15, -0.1) is 6.42 Å². The fraction of sp³-hybridized carbons (Fsp3) is 0.750. The summed E-state index contributed by atoms with van der Waals surface area (Å²) < 4.78 is 0. The normalized spacial score (nSPS) is 10.6. The van der Waals surface area contributed by atoms with Crippen molar-refractivity contribution in [3.63, 3.8) is 0 Å². The Morgan fingerprint density at radius 2 is 1.69 bits per heavy atom. The van der Waals surface area contributed by atoms with Crippen LogP contribution >= 0.6 is 0 Å². The number of nitrogens with zero attached hydrogens (tertiary/aromatic N) is 1. The van der Waals surface area contributed by atoms with Crippen LogP contribution in [0.5, 0.6) is 0 Å². The largest absolute Gasteiger partial charge is 0.482 e. The van der Waals surface area contributed by atoms with Gasteiger partial charge in [-0.3, -0.25) is 12.0 Å². The topological polar surface area (TPSA) is 20.3 Å². The fourth-order valence-electron chi connectivity index (χ4n) is 1.12. The fourth-order valence-corrected chi connectivity index (χ4v) is 1.12. The van der Waals surface area contributed by atoms with Gasteiger partial charge in [0.1, 0.15) is 5.78 Å². The average Bonchev–Trinajstić information content (AvgIpc) is 2.03. The van der Waals surface area contributed by atoms with Crippen LogP contribution in [0.25, 0.3) is 0 Å². The Morgan fingerprint density at radius 3 is 2.00 bits per heavy atom. The molecule has 4 heteroatoms. The minimum atomic E-state index is 0. The van der Waals surface area contributed by atoms with Crippen molar-refractivity contribution in [1.82, 2.24) is 4.90 Å². The first-order valence-electron chi connectivity index (χ1n) is 5.20. The Hall–Kier alpha value is 1.42. The van der Waals surface area contributed by atoms with E-state index in [4.69, 9.17) is 0 Å². The van der Waals surface area contributed by atoms with Crippen molar-refractivity contribution < 1.29 is 58.6 Å². The molecule has 0 aromatic rings. The van der Waals surface area contributed by atoms with E-state index < -0.39 is 0 Å². The van der Waals surface area contributed by atoms with Crippen molar-refractivity contribution >= 4 is 5.78 Å². The molecule has 0 spiro atoms. The molecule has 93 valence electrons. The Balaban J connectivity index is -0.000000845. The molecule has 0 aliphatic heterocycles. The molecule has 0 atom stereocenters. The van der Waals surface area contributed by atoms with Gasteiger partial charge in [-0.25, -0.2) is 0 Å². The van der Waals surface area contributed by atoms with Crippen molar-refractivity contribution in [2.45, 2.75) is 41.0 Å². The first-order valence-corrected chi connectivity index (χ1v) is 5.20. The molecule has 0 aliphatic rings. The summed E-state index contributed by atoms with van der Waals surface area (Å²) >= 11 is 0. The van der Waals surface area contributed by atoms with Gasteiger partial charge in [-0.2, -0.15) is 27.3 Å². The summed E-state index contributed by atoms with van der Waals surface area (Å²) in [5.74, 6) is 1.74. The van der Waals surface area contributed by atoms with Crippen LogP contribution in [0.4, 0.5) is 0 Å². The maximum Gasteiger partial charge on any atom is 0.106 e. The zero-order valence-corrected chi connectivity index (χ0v) is 17.1. The molecule has 0 saturated heterocycles. The van der Waals surface area contributed by atoms with Crippen molar-refractivity contribution in [3.8, 4) is 0 Å². The maximum absolute atomic E-state index is 11.5. The van der Waals surface area contributed by atoms with Gasteiger partial charge in [0.15, 0.2) is 0 Å². The molecular formula is C12H23NOWY-2. The average molecular weight is 470 g/mol. The van der Waals surface area contributed by atoms with Gasteiger partial charge >= 0.3 is 0 Å². The van der Waals surface area contributed by atoms with E-state index in [1.165, 1.54) is 12.0 Å². The van der Waals surface area contributed by atoms with Crippen LogP contribution in [-0.2, 0) is 58.6 Å². The summed E-state index contributed by atoms with van der Waals surface area (Å²) in [4.78, 5) is 13.6. The molecule has 0 unspecified atom stereocenters. The number of hydrogen-bond acceptors (Lipinski definition) is 2. The van der Waals surface area contributed by atoms with Crippen LogP contribution in [0, 0.1) is 17.9 Å². The smallest absolute Gasteiger partial charge is 0.106 e. The molecule has 0 amide bonds. The Labute approximate surface area is 140 Å². The molecular weight excluding hydrogens is 447 g/mol. The van der Waals surface area contributed by atoms with Gasteiger partial charge in [-0.1, -0.05) is 13.8 Å². The van der Waals surface area contributed by atoms with E-state index in [2.05, 4.69) is 32.7 Å². The predicted molar refractivity (Wildman–Crippen MR) is 60.6 cm³/mol. The molecule has 16 heavy (non-hydrogen) atoms. The summed E-state index contributed by atoms with van der Waals surface area (Å²) in [5.41, 5.74) is 0. The van der Waals surface area contributed by atoms with Crippen LogP contribution in [0.1, 0.15) is 41.0 Å². The van der Waals surface area contributed by atoms with Gasteiger partial charge in [0, 0.05) is 59.7 Å². The molecule has 0 rings (SSSR count). The van der Waals surface area contributed by atoms with E-state index in [0.29, 0.717) is 12.2 Å². The van der Waals surface area contributed by atoms with Gasteiger partial charge in [-0.05, 0) is 7.05 Å². The van der Waals surface area contributed by atoms with E-state index in [0.717, 1.165) is 6.54 Å². The maximum atomic E-state index is 11.5. The number of carbonyl (C=O) groups excluding carboxylic acids is 1. The third kappa shape index (κ3) is 10.6. The standard InChI is InChI=1S/C12H23NO.W.Y/c1-9(2)12(14)7-11(5)8-13(6)10(3)4;;/h9H,7-8H2,1-6H3;;/q-2;;. The van der Waals surface area contributed by atoms with Crippen LogP contribution < -0.4 is 0 Å². The van der Waals surface area contributed by atoms with E-state index in [1.807, 2.05) is 13.8 Å². The molecule has 0 saturated carbocycles. The minimum absolute atomic E-state index is 0. The Bertz CT molecular complexity index is 186. The number of Topliss-reactive ketones (excluding diaryl/α,β-unsaturated/α-hetero) is 1.